The summed E-state index contributed by atoms with van der Waals surface area (Å²) in [5.74, 6) is 1.01. The second-order valence-corrected chi connectivity index (χ2v) is 4.56. The highest BCUT2D eigenvalue weighted by Gasteiger charge is 2.13. The van der Waals surface area contributed by atoms with Gasteiger partial charge >= 0.3 is 5.97 Å². The van der Waals surface area contributed by atoms with E-state index < -0.39 is 0 Å². The van der Waals surface area contributed by atoms with Crippen molar-refractivity contribution < 1.29 is 14.3 Å². The number of carbonyl (C=O) groups is 1. The van der Waals surface area contributed by atoms with E-state index in [2.05, 4.69) is 13.8 Å². The first-order valence-electron chi connectivity index (χ1n) is 5.78. The third kappa shape index (κ3) is 3.22. The molecule has 0 aliphatic rings. The van der Waals surface area contributed by atoms with Crippen LogP contribution in [0.15, 0.2) is 12.1 Å². The maximum atomic E-state index is 11.5. The third-order valence-electron chi connectivity index (χ3n) is 2.71. The van der Waals surface area contributed by atoms with E-state index in [9.17, 15) is 4.79 Å². The van der Waals surface area contributed by atoms with E-state index in [1.807, 2.05) is 19.9 Å². The topological polar surface area (TPSA) is 35.5 Å². The van der Waals surface area contributed by atoms with Gasteiger partial charge in [0.15, 0.2) is 0 Å². The third-order valence-corrected chi connectivity index (χ3v) is 2.71. The molecule has 0 spiro atoms. The van der Waals surface area contributed by atoms with Crippen LogP contribution < -0.4 is 4.74 Å². The van der Waals surface area contributed by atoms with Crippen molar-refractivity contribution in [1.29, 1.82) is 0 Å². The molecule has 0 radical (unpaired) electrons. The number of hydrogen-bond donors (Lipinski definition) is 0. The van der Waals surface area contributed by atoms with Crippen LogP contribution >= 0.6 is 0 Å². The minimum atomic E-state index is -0.305. The Labute approximate surface area is 103 Å². The van der Waals surface area contributed by atoms with Crippen molar-refractivity contribution in [2.45, 2.75) is 27.7 Å². The van der Waals surface area contributed by atoms with Gasteiger partial charge < -0.3 is 9.47 Å². The van der Waals surface area contributed by atoms with Crippen LogP contribution in [0.25, 0.3) is 0 Å². The van der Waals surface area contributed by atoms with Gasteiger partial charge in [-0.3, -0.25) is 0 Å². The van der Waals surface area contributed by atoms with E-state index in [1.165, 1.54) is 7.11 Å². The summed E-state index contributed by atoms with van der Waals surface area (Å²) in [6.45, 7) is 8.75. The van der Waals surface area contributed by atoms with Gasteiger partial charge in [-0.25, -0.2) is 4.79 Å². The van der Waals surface area contributed by atoms with Gasteiger partial charge in [-0.05, 0) is 43.0 Å². The van der Waals surface area contributed by atoms with Crippen LogP contribution in [0.4, 0.5) is 0 Å². The molecule has 0 amide bonds. The molecular formula is C14H20O3. The van der Waals surface area contributed by atoms with Crippen molar-refractivity contribution in [2.75, 3.05) is 13.7 Å². The van der Waals surface area contributed by atoms with E-state index in [0.29, 0.717) is 18.1 Å². The lowest BCUT2D eigenvalue weighted by Crippen LogP contribution is -2.09. The van der Waals surface area contributed by atoms with Crippen LogP contribution in [0.2, 0.25) is 0 Å². The average molecular weight is 236 g/mol. The molecule has 0 unspecified atom stereocenters. The van der Waals surface area contributed by atoms with Gasteiger partial charge in [0.05, 0.1) is 19.3 Å². The zero-order valence-corrected chi connectivity index (χ0v) is 11.2. The summed E-state index contributed by atoms with van der Waals surface area (Å²) in [4.78, 5) is 11.5. The summed E-state index contributed by atoms with van der Waals surface area (Å²) in [5, 5.41) is 0. The highest BCUT2D eigenvalue weighted by Crippen LogP contribution is 2.25. The average Bonchev–Trinajstić information content (AvgIpc) is 2.30. The first-order valence-corrected chi connectivity index (χ1v) is 5.78. The van der Waals surface area contributed by atoms with Gasteiger partial charge in [0.25, 0.3) is 0 Å². The quantitative estimate of drug-likeness (QED) is 0.753. The van der Waals surface area contributed by atoms with E-state index in [1.54, 1.807) is 6.07 Å². The second-order valence-electron chi connectivity index (χ2n) is 4.56. The van der Waals surface area contributed by atoms with Crippen molar-refractivity contribution in [3.8, 4) is 5.75 Å². The first-order chi connectivity index (χ1) is 7.97. The molecule has 1 aromatic carbocycles. The molecule has 3 nitrogen and oxygen atoms in total. The standard InChI is InChI=1S/C14H20O3/c1-9(2)8-17-13-7-6-12(14(15)16-5)10(3)11(13)4/h6-7,9H,8H2,1-5H3. The maximum Gasteiger partial charge on any atom is 0.338 e. The number of ether oxygens (including phenoxy) is 2. The Hall–Kier alpha value is -1.51. The van der Waals surface area contributed by atoms with E-state index in [-0.39, 0.29) is 5.97 Å². The monoisotopic (exact) mass is 236 g/mol. The number of benzene rings is 1. The van der Waals surface area contributed by atoms with E-state index >= 15 is 0 Å². The Bertz CT molecular complexity index is 408. The molecule has 0 N–H and O–H groups in total. The molecule has 0 aliphatic carbocycles. The number of hydrogen-bond acceptors (Lipinski definition) is 3. The molecule has 0 saturated heterocycles. The predicted octanol–water partition coefficient (Wildman–Crippen LogP) is 3.12. The van der Waals surface area contributed by atoms with Crippen LogP contribution in [0.5, 0.6) is 5.75 Å². The van der Waals surface area contributed by atoms with Gasteiger partial charge in [-0.2, -0.15) is 0 Å². The number of carbonyl (C=O) groups excluding carboxylic acids is 1. The SMILES string of the molecule is COC(=O)c1ccc(OCC(C)C)c(C)c1C. The summed E-state index contributed by atoms with van der Waals surface area (Å²) in [6, 6.07) is 3.58. The molecule has 94 valence electrons. The van der Waals surface area contributed by atoms with Crippen LogP contribution in [0, 0.1) is 19.8 Å². The van der Waals surface area contributed by atoms with Crippen LogP contribution in [0.1, 0.15) is 35.3 Å². The molecule has 0 fully saturated rings. The summed E-state index contributed by atoms with van der Waals surface area (Å²) in [7, 11) is 1.39. The fraction of sp³-hybridized carbons (Fsp3) is 0.500. The largest absolute Gasteiger partial charge is 0.493 e. The Morgan fingerprint density at radius 1 is 1.24 bits per heavy atom. The second kappa shape index (κ2) is 5.71. The van der Waals surface area contributed by atoms with Gasteiger partial charge in [-0.1, -0.05) is 13.8 Å². The molecule has 1 rings (SSSR count). The highest BCUT2D eigenvalue weighted by atomic mass is 16.5. The lowest BCUT2D eigenvalue weighted by atomic mass is 10.0. The predicted molar refractivity (Wildman–Crippen MR) is 67.6 cm³/mol. The van der Waals surface area contributed by atoms with Gasteiger partial charge in [-0.15, -0.1) is 0 Å². The fourth-order valence-electron chi connectivity index (χ4n) is 1.54. The van der Waals surface area contributed by atoms with Crippen molar-refractivity contribution >= 4 is 5.97 Å². The van der Waals surface area contributed by atoms with Crippen molar-refractivity contribution in [1.82, 2.24) is 0 Å². The molecule has 17 heavy (non-hydrogen) atoms. The van der Waals surface area contributed by atoms with Crippen LogP contribution in [0.3, 0.4) is 0 Å². The molecule has 0 aliphatic heterocycles. The number of esters is 1. The molecule has 0 heterocycles. The summed E-state index contributed by atoms with van der Waals surface area (Å²) in [5.41, 5.74) is 2.51. The van der Waals surface area contributed by atoms with Crippen LogP contribution in [-0.4, -0.2) is 19.7 Å². The Morgan fingerprint density at radius 2 is 1.88 bits per heavy atom. The van der Waals surface area contributed by atoms with Gasteiger partial charge in [0.2, 0.25) is 0 Å². The zero-order valence-electron chi connectivity index (χ0n) is 11.2. The lowest BCUT2D eigenvalue weighted by Gasteiger charge is -2.14. The van der Waals surface area contributed by atoms with Crippen LogP contribution in [-0.2, 0) is 4.74 Å². The molecule has 0 saturated carbocycles. The molecule has 0 atom stereocenters. The fourth-order valence-corrected chi connectivity index (χ4v) is 1.54. The summed E-state index contributed by atoms with van der Waals surface area (Å²) < 4.78 is 10.4. The van der Waals surface area contributed by atoms with Gasteiger partial charge in [0.1, 0.15) is 5.75 Å². The highest BCUT2D eigenvalue weighted by molar-refractivity contribution is 5.91. The Morgan fingerprint density at radius 3 is 2.41 bits per heavy atom. The first kappa shape index (κ1) is 13.6. The Kier molecular flexibility index (Phi) is 4.55. The van der Waals surface area contributed by atoms with Crippen molar-refractivity contribution in [2.24, 2.45) is 5.92 Å². The molecule has 3 heteroatoms. The van der Waals surface area contributed by atoms with Crippen molar-refractivity contribution in [3.63, 3.8) is 0 Å². The zero-order chi connectivity index (χ0) is 13.0. The molecule has 1 aromatic rings. The molecule has 0 bridgehead atoms. The Balaban J connectivity index is 2.98. The minimum Gasteiger partial charge on any atom is -0.493 e. The van der Waals surface area contributed by atoms with E-state index in [4.69, 9.17) is 9.47 Å². The normalized spacial score (nSPS) is 10.5. The molecular weight excluding hydrogens is 216 g/mol. The minimum absolute atomic E-state index is 0.305. The van der Waals surface area contributed by atoms with Crippen molar-refractivity contribution in [3.05, 3.63) is 28.8 Å². The maximum absolute atomic E-state index is 11.5. The number of methoxy groups -OCH3 is 1. The summed E-state index contributed by atoms with van der Waals surface area (Å²) >= 11 is 0. The smallest absolute Gasteiger partial charge is 0.338 e. The van der Waals surface area contributed by atoms with Gasteiger partial charge in [0, 0.05) is 0 Å². The number of rotatable bonds is 4. The lowest BCUT2D eigenvalue weighted by molar-refractivity contribution is 0.0599. The molecule has 0 aromatic heterocycles. The summed E-state index contributed by atoms with van der Waals surface area (Å²) in [6.07, 6.45) is 0. The van der Waals surface area contributed by atoms with E-state index in [0.717, 1.165) is 16.9 Å².